The fraction of sp³-hybridized carbons (Fsp3) is 0.966. The van der Waals surface area contributed by atoms with Crippen LogP contribution in [0.3, 0.4) is 0 Å². The van der Waals surface area contributed by atoms with Gasteiger partial charge in [-0.05, 0) is 20.8 Å². The summed E-state index contributed by atoms with van der Waals surface area (Å²) in [5.41, 5.74) is 4.81. The molecule has 0 saturated carbocycles. The van der Waals surface area contributed by atoms with E-state index in [2.05, 4.69) is 5.32 Å². The van der Waals surface area contributed by atoms with Crippen molar-refractivity contribution in [1.82, 2.24) is 5.32 Å². The van der Waals surface area contributed by atoms with Crippen molar-refractivity contribution in [2.45, 2.75) is 26.4 Å². The van der Waals surface area contributed by atoms with E-state index in [-0.39, 0.29) is 0 Å². The molecule has 15 nitrogen and oxygen atoms in total. The Morgan fingerprint density at radius 3 is 0.886 bits per heavy atom. The van der Waals surface area contributed by atoms with Crippen LogP contribution in [0.5, 0.6) is 0 Å². The van der Waals surface area contributed by atoms with Gasteiger partial charge in [-0.3, -0.25) is 0 Å². The zero-order valence-corrected chi connectivity index (χ0v) is 27.4. The number of hydrogen-bond donors (Lipinski definition) is 2. The minimum Gasteiger partial charge on any atom is -0.444 e. The third-order valence-electron chi connectivity index (χ3n) is 4.90. The molecule has 0 aromatic heterocycles. The molecule has 0 aliphatic heterocycles. The molecular formula is C29H60N2O13. The second-order valence-electron chi connectivity index (χ2n) is 9.95. The van der Waals surface area contributed by atoms with Gasteiger partial charge in [-0.15, -0.1) is 0 Å². The Bertz CT molecular complexity index is 586. The number of amides is 1. The van der Waals surface area contributed by atoms with Crippen molar-refractivity contribution in [3.05, 3.63) is 0 Å². The maximum absolute atomic E-state index is 11.5. The number of ether oxygens (including phenoxy) is 12. The van der Waals surface area contributed by atoms with Crippen molar-refractivity contribution in [2.75, 3.05) is 158 Å². The lowest BCUT2D eigenvalue weighted by Crippen LogP contribution is -2.34. The molecule has 0 saturated heterocycles. The van der Waals surface area contributed by atoms with Crippen LogP contribution in [0.4, 0.5) is 4.79 Å². The summed E-state index contributed by atoms with van der Waals surface area (Å²) in [6, 6.07) is 0. The minimum absolute atomic E-state index is 0.383. The first-order valence-electron chi connectivity index (χ1n) is 15.5. The number of nitrogens with two attached hydrogens (primary N) is 1. The molecule has 44 heavy (non-hydrogen) atoms. The Morgan fingerprint density at radius 1 is 0.432 bits per heavy atom. The topological polar surface area (TPSA) is 166 Å². The van der Waals surface area contributed by atoms with Gasteiger partial charge in [0, 0.05) is 13.1 Å². The van der Waals surface area contributed by atoms with Gasteiger partial charge in [-0.1, -0.05) is 0 Å². The summed E-state index contributed by atoms with van der Waals surface area (Å²) in [6.45, 7) is 17.3. The lowest BCUT2D eigenvalue weighted by atomic mass is 10.2. The van der Waals surface area contributed by atoms with Gasteiger partial charge in [0.05, 0.1) is 145 Å². The lowest BCUT2D eigenvalue weighted by molar-refractivity contribution is -0.0274. The first kappa shape index (κ1) is 42.8. The van der Waals surface area contributed by atoms with E-state index in [4.69, 9.17) is 62.6 Å². The summed E-state index contributed by atoms with van der Waals surface area (Å²) in [4.78, 5) is 11.5. The molecule has 0 radical (unpaired) electrons. The normalized spacial score (nSPS) is 11.7. The Kier molecular flexibility index (Phi) is 33.7. The van der Waals surface area contributed by atoms with E-state index in [0.717, 1.165) is 0 Å². The van der Waals surface area contributed by atoms with Gasteiger partial charge in [0.2, 0.25) is 0 Å². The molecule has 0 aliphatic carbocycles. The highest BCUT2D eigenvalue weighted by molar-refractivity contribution is 5.67. The van der Waals surface area contributed by atoms with Crippen LogP contribution >= 0.6 is 0 Å². The monoisotopic (exact) mass is 644 g/mol. The largest absolute Gasteiger partial charge is 0.444 e. The molecule has 0 bridgehead atoms. The van der Waals surface area contributed by atoms with Crippen LogP contribution in [-0.2, 0) is 56.8 Å². The number of alkyl carbamates (subject to hydrolysis) is 1. The van der Waals surface area contributed by atoms with Crippen molar-refractivity contribution >= 4 is 6.09 Å². The second kappa shape index (κ2) is 34.7. The van der Waals surface area contributed by atoms with Gasteiger partial charge in [-0.2, -0.15) is 0 Å². The summed E-state index contributed by atoms with van der Waals surface area (Å²) in [5.74, 6) is 0. The van der Waals surface area contributed by atoms with Gasteiger partial charge in [0.15, 0.2) is 0 Å². The molecule has 0 unspecified atom stereocenters. The first-order chi connectivity index (χ1) is 21.5. The van der Waals surface area contributed by atoms with E-state index in [1.807, 2.05) is 20.8 Å². The van der Waals surface area contributed by atoms with Gasteiger partial charge in [0.1, 0.15) is 5.60 Å². The third kappa shape index (κ3) is 38.8. The lowest BCUT2D eigenvalue weighted by Gasteiger charge is -2.19. The van der Waals surface area contributed by atoms with Crippen LogP contribution in [0.25, 0.3) is 0 Å². The standard InChI is InChI=1S/C29H60N2O13/c1-29(2,3)44-28(32)31-5-7-34-9-11-36-13-15-38-17-19-40-21-23-42-25-27-43-26-24-41-22-20-39-18-16-37-14-12-35-10-8-33-6-4-30/h4-27,30H2,1-3H3,(H,31,32). The highest BCUT2D eigenvalue weighted by Crippen LogP contribution is 2.06. The number of carbonyl (C=O) groups is 1. The summed E-state index contributed by atoms with van der Waals surface area (Å²) >= 11 is 0. The highest BCUT2D eigenvalue weighted by Gasteiger charge is 2.15. The maximum Gasteiger partial charge on any atom is 0.407 e. The van der Waals surface area contributed by atoms with E-state index in [1.54, 1.807) is 0 Å². The number of hydrogen-bond acceptors (Lipinski definition) is 14. The molecule has 3 N–H and O–H groups in total. The number of rotatable bonds is 35. The Labute approximate surface area is 263 Å². The SMILES string of the molecule is CC(C)(C)OC(=O)NCCOCCOCCOCCOCCOCCOCCOCCOCCOCCOCCOCCN. The fourth-order valence-electron chi connectivity index (χ4n) is 2.92. The van der Waals surface area contributed by atoms with E-state index in [1.165, 1.54) is 0 Å². The van der Waals surface area contributed by atoms with E-state index in [0.29, 0.717) is 158 Å². The molecule has 0 fully saturated rings. The van der Waals surface area contributed by atoms with Gasteiger partial charge >= 0.3 is 6.09 Å². The zero-order valence-electron chi connectivity index (χ0n) is 27.4. The molecule has 0 aliphatic rings. The molecular weight excluding hydrogens is 584 g/mol. The van der Waals surface area contributed by atoms with Crippen LogP contribution in [-0.4, -0.2) is 170 Å². The quantitative estimate of drug-likeness (QED) is 0.0924. The fourth-order valence-corrected chi connectivity index (χ4v) is 2.92. The molecule has 0 aromatic rings. The van der Waals surface area contributed by atoms with Crippen LogP contribution in [0.1, 0.15) is 20.8 Å². The molecule has 0 heterocycles. The van der Waals surface area contributed by atoms with Gasteiger partial charge < -0.3 is 67.9 Å². The van der Waals surface area contributed by atoms with Crippen molar-refractivity contribution in [3.8, 4) is 0 Å². The molecule has 1 amide bonds. The van der Waals surface area contributed by atoms with Crippen molar-refractivity contribution in [3.63, 3.8) is 0 Å². The predicted molar refractivity (Wildman–Crippen MR) is 162 cm³/mol. The zero-order chi connectivity index (χ0) is 32.2. The Hall–Kier alpha value is -1.21. The predicted octanol–water partition coefficient (Wildman–Crippen LogP) is 0.652. The van der Waals surface area contributed by atoms with Crippen LogP contribution in [0.15, 0.2) is 0 Å². The van der Waals surface area contributed by atoms with Crippen LogP contribution in [0, 0.1) is 0 Å². The van der Waals surface area contributed by atoms with Gasteiger partial charge in [-0.25, -0.2) is 4.79 Å². The summed E-state index contributed by atoms with van der Waals surface area (Å²) in [5, 5.41) is 2.63. The minimum atomic E-state index is -0.511. The average molecular weight is 645 g/mol. The molecule has 15 heteroatoms. The van der Waals surface area contributed by atoms with E-state index < -0.39 is 11.7 Å². The van der Waals surface area contributed by atoms with Crippen LogP contribution < -0.4 is 11.1 Å². The molecule has 0 aromatic carbocycles. The summed E-state index contributed by atoms with van der Waals surface area (Å²) in [6.07, 6.45) is -0.452. The van der Waals surface area contributed by atoms with E-state index >= 15 is 0 Å². The summed E-state index contributed by atoms with van der Waals surface area (Å²) in [7, 11) is 0. The molecule has 0 rings (SSSR count). The second-order valence-corrected chi connectivity index (χ2v) is 9.95. The Morgan fingerprint density at radius 2 is 0.659 bits per heavy atom. The van der Waals surface area contributed by atoms with Crippen LogP contribution in [0.2, 0.25) is 0 Å². The van der Waals surface area contributed by atoms with E-state index in [9.17, 15) is 4.79 Å². The number of nitrogens with one attached hydrogen (secondary N) is 1. The highest BCUT2D eigenvalue weighted by atomic mass is 16.6. The molecule has 264 valence electrons. The van der Waals surface area contributed by atoms with Crippen molar-refractivity contribution in [2.24, 2.45) is 5.73 Å². The van der Waals surface area contributed by atoms with Crippen molar-refractivity contribution < 1.29 is 61.6 Å². The number of carbonyl (C=O) groups excluding carboxylic acids is 1. The smallest absolute Gasteiger partial charge is 0.407 e. The summed E-state index contributed by atoms with van der Waals surface area (Å²) < 4.78 is 64.7. The molecule has 0 spiro atoms. The Balaban J connectivity index is 3.09. The molecule has 0 atom stereocenters. The third-order valence-corrected chi connectivity index (χ3v) is 4.90. The average Bonchev–Trinajstić information content (AvgIpc) is 2.98. The maximum atomic E-state index is 11.5. The van der Waals surface area contributed by atoms with Gasteiger partial charge in [0.25, 0.3) is 0 Å². The van der Waals surface area contributed by atoms with Crippen molar-refractivity contribution in [1.29, 1.82) is 0 Å². The first-order valence-corrected chi connectivity index (χ1v) is 15.5.